The number of hydrogen-bond acceptors (Lipinski definition) is 6. The molecule has 3 atom stereocenters. The van der Waals surface area contributed by atoms with Gasteiger partial charge >= 0.3 is 51.4 Å². The second-order valence-corrected chi connectivity index (χ2v) is 5.95. The Morgan fingerprint density at radius 3 is 2.54 bits per heavy atom. The van der Waals surface area contributed by atoms with Gasteiger partial charge in [0.05, 0.1) is 18.2 Å². The minimum atomic E-state index is -1.14. The first kappa shape index (κ1) is 26.9. The number of rotatable bonds is 14. The van der Waals surface area contributed by atoms with Crippen LogP contribution >= 0.6 is 0 Å². The van der Waals surface area contributed by atoms with Crippen LogP contribution in [0.2, 0.25) is 0 Å². The SMILES string of the molecule is C/C=C/CC(O)CNCCN(CC(O)CCCC)C(C)C(=O)[O-].[K+]. The van der Waals surface area contributed by atoms with Crippen LogP contribution in [0.5, 0.6) is 0 Å². The summed E-state index contributed by atoms with van der Waals surface area (Å²) in [6.45, 7) is 7.33. The minimum absolute atomic E-state index is 0. The summed E-state index contributed by atoms with van der Waals surface area (Å²) < 4.78 is 0. The molecule has 0 aromatic heterocycles. The molecule has 0 aliphatic carbocycles. The van der Waals surface area contributed by atoms with Crippen LogP contribution in [-0.2, 0) is 4.79 Å². The number of allylic oxidation sites excluding steroid dienone is 1. The van der Waals surface area contributed by atoms with Crippen molar-refractivity contribution in [3.63, 3.8) is 0 Å². The summed E-state index contributed by atoms with van der Waals surface area (Å²) in [6.07, 6.45) is 6.00. The van der Waals surface area contributed by atoms with Crippen molar-refractivity contribution in [2.45, 2.75) is 64.7 Å². The van der Waals surface area contributed by atoms with Crippen molar-refractivity contribution < 1.29 is 71.5 Å². The first-order valence-electron chi connectivity index (χ1n) is 8.55. The molecule has 0 aliphatic heterocycles. The summed E-state index contributed by atoms with van der Waals surface area (Å²) >= 11 is 0. The predicted octanol–water partition coefficient (Wildman–Crippen LogP) is -3.10. The number of hydrogen-bond donors (Lipinski definition) is 3. The molecule has 136 valence electrons. The molecule has 0 fully saturated rings. The van der Waals surface area contributed by atoms with Crippen molar-refractivity contribution in [3.05, 3.63) is 12.2 Å². The van der Waals surface area contributed by atoms with E-state index in [9.17, 15) is 20.1 Å². The maximum Gasteiger partial charge on any atom is 1.00 e. The van der Waals surface area contributed by atoms with Crippen molar-refractivity contribution in [3.8, 4) is 0 Å². The number of carboxylic acid groups (broad SMARTS) is 1. The normalized spacial score (nSPS) is 15.2. The van der Waals surface area contributed by atoms with Gasteiger partial charge in [-0.05, 0) is 26.7 Å². The Labute approximate surface area is 189 Å². The number of nitrogens with zero attached hydrogens (tertiary/aromatic N) is 1. The summed E-state index contributed by atoms with van der Waals surface area (Å²) in [5.74, 6) is -1.14. The first-order chi connectivity index (χ1) is 10.9. The third-order valence-corrected chi connectivity index (χ3v) is 3.82. The van der Waals surface area contributed by atoms with Gasteiger partial charge in [0.25, 0.3) is 0 Å². The second kappa shape index (κ2) is 17.1. The number of aliphatic hydroxyl groups is 2. The van der Waals surface area contributed by atoms with Gasteiger partial charge in [0.15, 0.2) is 0 Å². The average molecular weight is 369 g/mol. The molecular weight excluding hydrogens is 335 g/mol. The van der Waals surface area contributed by atoms with E-state index in [-0.39, 0.29) is 51.4 Å². The zero-order valence-electron chi connectivity index (χ0n) is 15.7. The van der Waals surface area contributed by atoms with Crippen LogP contribution in [0, 0.1) is 0 Å². The molecule has 0 saturated heterocycles. The van der Waals surface area contributed by atoms with Crippen molar-refractivity contribution in [1.29, 1.82) is 0 Å². The molecule has 7 heteroatoms. The summed E-state index contributed by atoms with van der Waals surface area (Å²) in [7, 11) is 0. The number of aliphatic carboxylic acids is 1. The minimum Gasteiger partial charge on any atom is -0.548 e. The van der Waals surface area contributed by atoms with Crippen LogP contribution in [0.15, 0.2) is 12.2 Å². The van der Waals surface area contributed by atoms with E-state index in [1.54, 1.807) is 11.8 Å². The van der Waals surface area contributed by atoms with Gasteiger partial charge in [-0.25, -0.2) is 0 Å². The van der Waals surface area contributed by atoms with E-state index >= 15 is 0 Å². The van der Waals surface area contributed by atoms with E-state index in [0.29, 0.717) is 39.0 Å². The van der Waals surface area contributed by atoms with E-state index in [2.05, 4.69) is 12.2 Å². The van der Waals surface area contributed by atoms with Gasteiger partial charge in [-0.3, -0.25) is 4.90 Å². The predicted molar refractivity (Wildman–Crippen MR) is 89.9 cm³/mol. The zero-order chi connectivity index (χ0) is 17.7. The van der Waals surface area contributed by atoms with E-state index in [0.717, 1.165) is 12.8 Å². The Bertz CT molecular complexity index is 343. The fraction of sp³-hybridized carbons (Fsp3) is 0.824. The maximum atomic E-state index is 11.1. The molecule has 6 nitrogen and oxygen atoms in total. The van der Waals surface area contributed by atoms with Gasteiger partial charge in [0.1, 0.15) is 0 Å². The molecule has 0 amide bonds. The summed E-state index contributed by atoms with van der Waals surface area (Å²) in [5, 5.41) is 33.9. The Hall–Kier alpha value is 0.686. The Morgan fingerprint density at radius 1 is 1.33 bits per heavy atom. The van der Waals surface area contributed by atoms with Crippen LogP contribution in [0.25, 0.3) is 0 Å². The first-order valence-corrected chi connectivity index (χ1v) is 8.55. The van der Waals surface area contributed by atoms with Crippen LogP contribution in [0.1, 0.15) is 46.5 Å². The number of carbonyl (C=O) groups is 1. The van der Waals surface area contributed by atoms with E-state index in [1.165, 1.54) is 0 Å². The number of unbranched alkanes of at least 4 members (excludes halogenated alkanes) is 1. The van der Waals surface area contributed by atoms with Crippen LogP contribution in [0.3, 0.4) is 0 Å². The van der Waals surface area contributed by atoms with Gasteiger partial charge in [-0.15, -0.1) is 0 Å². The van der Waals surface area contributed by atoms with Crippen LogP contribution in [0.4, 0.5) is 0 Å². The maximum absolute atomic E-state index is 11.1. The molecule has 0 saturated carbocycles. The fourth-order valence-electron chi connectivity index (χ4n) is 2.26. The van der Waals surface area contributed by atoms with Gasteiger partial charge in [-0.1, -0.05) is 31.9 Å². The third kappa shape index (κ3) is 13.9. The quantitative estimate of drug-likeness (QED) is 0.171. The Morgan fingerprint density at radius 2 is 2.00 bits per heavy atom. The molecule has 0 spiro atoms. The molecular formula is C17H33KN2O4. The summed E-state index contributed by atoms with van der Waals surface area (Å²) in [5.41, 5.74) is 0. The molecule has 0 radical (unpaired) electrons. The van der Waals surface area contributed by atoms with Crippen molar-refractivity contribution >= 4 is 5.97 Å². The van der Waals surface area contributed by atoms with Crippen molar-refractivity contribution in [2.24, 2.45) is 0 Å². The molecule has 3 N–H and O–H groups in total. The average Bonchev–Trinajstić information content (AvgIpc) is 2.52. The molecule has 0 heterocycles. The second-order valence-electron chi connectivity index (χ2n) is 5.95. The van der Waals surface area contributed by atoms with E-state index in [4.69, 9.17) is 0 Å². The van der Waals surface area contributed by atoms with Crippen molar-refractivity contribution in [2.75, 3.05) is 26.2 Å². The van der Waals surface area contributed by atoms with Gasteiger partial charge in [0.2, 0.25) is 0 Å². The van der Waals surface area contributed by atoms with Gasteiger partial charge in [-0.2, -0.15) is 0 Å². The molecule has 0 aliphatic rings. The topological polar surface area (TPSA) is 95.9 Å². The number of aliphatic hydroxyl groups excluding tert-OH is 2. The molecule has 0 rings (SSSR count). The Balaban J connectivity index is 0. The zero-order valence-corrected chi connectivity index (χ0v) is 18.8. The van der Waals surface area contributed by atoms with E-state index in [1.807, 2.05) is 19.1 Å². The summed E-state index contributed by atoms with van der Waals surface area (Å²) in [6, 6.07) is -0.749. The van der Waals surface area contributed by atoms with E-state index < -0.39 is 24.2 Å². The standard InChI is InChI=1S/C17H34N2O4.K/c1-4-6-8-15(20)12-18-10-11-19(14(3)17(22)23)13-16(21)9-7-5-2;/h4,6,14-16,18,20-21H,5,7-13H2,1-3H3,(H,22,23);/q;+1/p-1/b6-4+;. The number of carboxylic acids is 1. The molecule has 3 unspecified atom stereocenters. The molecule has 0 aromatic carbocycles. The smallest absolute Gasteiger partial charge is 0.548 e. The monoisotopic (exact) mass is 368 g/mol. The van der Waals surface area contributed by atoms with Gasteiger partial charge in [0, 0.05) is 32.2 Å². The molecule has 24 heavy (non-hydrogen) atoms. The fourth-order valence-corrected chi connectivity index (χ4v) is 2.26. The molecule has 0 aromatic rings. The van der Waals surface area contributed by atoms with Crippen molar-refractivity contribution in [1.82, 2.24) is 10.2 Å². The molecule has 0 bridgehead atoms. The van der Waals surface area contributed by atoms with Gasteiger partial charge < -0.3 is 25.4 Å². The largest absolute Gasteiger partial charge is 1.00 e. The van der Waals surface area contributed by atoms with Crippen LogP contribution < -0.4 is 61.8 Å². The number of nitrogens with one attached hydrogen (secondary N) is 1. The Kier molecular flexibility index (Phi) is 19.2. The van der Waals surface area contributed by atoms with Crippen LogP contribution in [-0.4, -0.2) is 65.5 Å². The number of carbonyl (C=O) groups excluding carboxylic acids is 1. The third-order valence-electron chi connectivity index (χ3n) is 3.82. The summed E-state index contributed by atoms with van der Waals surface area (Å²) in [4.78, 5) is 12.8.